The zero-order valence-corrected chi connectivity index (χ0v) is 11.8. The molecule has 0 fully saturated rings. The number of aromatic nitrogens is 2. The second kappa shape index (κ2) is 5.23. The highest BCUT2D eigenvalue weighted by Crippen LogP contribution is 2.19. The Bertz CT molecular complexity index is 610. The maximum atomic E-state index is 9.10. The van der Waals surface area contributed by atoms with E-state index in [1.807, 2.05) is 38.2 Å². The summed E-state index contributed by atoms with van der Waals surface area (Å²) in [5, 5.41) is 16.6. The largest absolute Gasteiger partial charge is 0.365 e. The van der Waals surface area contributed by atoms with E-state index in [0.29, 0.717) is 12.1 Å². The van der Waals surface area contributed by atoms with E-state index in [4.69, 9.17) is 5.26 Å². The molecule has 0 aliphatic heterocycles. The van der Waals surface area contributed by atoms with Crippen molar-refractivity contribution >= 4 is 21.7 Å². The van der Waals surface area contributed by atoms with Crippen LogP contribution in [0.3, 0.4) is 0 Å². The minimum atomic E-state index is 0.604. The van der Waals surface area contributed by atoms with Crippen molar-refractivity contribution in [1.29, 1.82) is 5.26 Å². The molecule has 0 saturated heterocycles. The lowest BCUT2D eigenvalue weighted by molar-refractivity contribution is 0.758. The minimum Gasteiger partial charge on any atom is -0.365 e. The van der Waals surface area contributed by atoms with Crippen molar-refractivity contribution in [3.63, 3.8) is 0 Å². The summed E-state index contributed by atoms with van der Waals surface area (Å²) < 4.78 is 2.75. The van der Waals surface area contributed by atoms with Crippen LogP contribution in [-0.2, 0) is 13.6 Å². The van der Waals surface area contributed by atoms with Crippen LogP contribution in [0.2, 0.25) is 0 Å². The van der Waals surface area contributed by atoms with Crippen molar-refractivity contribution in [2.75, 3.05) is 5.32 Å². The van der Waals surface area contributed by atoms with E-state index in [1.54, 1.807) is 4.68 Å². The van der Waals surface area contributed by atoms with Gasteiger partial charge in [0.2, 0.25) is 0 Å². The van der Waals surface area contributed by atoms with Gasteiger partial charge in [0, 0.05) is 18.1 Å². The molecule has 0 unspecified atom stereocenters. The molecule has 4 nitrogen and oxygen atoms in total. The van der Waals surface area contributed by atoms with Gasteiger partial charge in [0.05, 0.1) is 5.69 Å². The Balaban J connectivity index is 2.19. The Hall–Kier alpha value is -1.80. The average molecular weight is 305 g/mol. The first-order valence-electron chi connectivity index (χ1n) is 5.54. The SMILES string of the molecule is Cc1nn(C)c(NCc2cccc(Br)c2)c1C#N. The van der Waals surface area contributed by atoms with Gasteiger partial charge in [0.1, 0.15) is 17.5 Å². The van der Waals surface area contributed by atoms with Gasteiger partial charge in [-0.3, -0.25) is 4.68 Å². The molecule has 0 atom stereocenters. The molecule has 2 aromatic rings. The van der Waals surface area contributed by atoms with Crippen molar-refractivity contribution in [1.82, 2.24) is 9.78 Å². The van der Waals surface area contributed by atoms with Gasteiger partial charge in [-0.15, -0.1) is 0 Å². The van der Waals surface area contributed by atoms with Crippen molar-refractivity contribution in [3.05, 3.63) is 45.6 Å². The maximum Gasteiger partial charge on any atom is 0.142 e. The molecule has 1 heterocycles. The highest BCUT2D eigenvalue weighted by Gasteiger charge is 2.11. The summed E-state index contributed by atoms with van der Waals surface area (Å²) in [5.41, 5.74) is 2.50. The first-order valence-corrected chi connectivity index (χ1v) is 6.33. The van der Waals surface area contributed by atoms with Crippen LogP contribution in [0.15, 0.2) is 28.7 Å². The van der Waals surface area contributed by atoms with Crippen molar-refractivity contribution < 1.29 is 0 Å². The van der Waals surface area contributed by atoms with Gasteiger partial charge in [0.15, 0.2) is 0 Å². The lowest BCUT2D eigenvalue weighted by Gasteiger charge is -2.07. The number of nitriles is 1. The van der Waals surface area contributed by atoms with Crippen LogP contribution >= 0.6 is 15.9 Å². The van der Waals surface area contributed by atoms with Gasteiger partial charge in [0.25, 0.3) is 0 Å². The number of nitrogens with zero attached hydrogens (tertiary/aromatic N) is 3. The summed E-state index contributed by atoms with van der Waals surface area (Å²) in [5.74, 6) is 0.759. The van der Waals surface area contributed by atoms with Crippen molar-refractivity contribution in [2.24, 2.45) is 7.05 Å². The molecule has 0 bridgehead atoms. The van der Waals surface area contributed by atoms with Gasteiger partial charge >= 0.3 is 0 Å². The molecule has 1 aromatic carbocycles. The zero-order chi connectivity index (χ0) is 13.1. The van der Waals surface area contributed by atoms with Crippen molar-refractivity contribution in [2.45, 2.75) is 13.5 Å². The number of hydrogen-bond acceptors (Lipinski definition) is 3. The number of hydrogen-bond donors (Lipinski definition) is 1. The fraction of sp³-hybridized carbons (Fsp3) is 0.231. The number of halogens is 1. The third kappa shape index (κ3) is 2.54. The van der Waals surface area contributed by atoms with Crippen molar-refractivity contribution in [3.8, 4) is 6.07 Å². The van der Waals surface area contributed by atoms with Crippen LogP contribution in [0.5, 0.6) is 0 Å². The lowest BCUT2D eigenvalue weighted by Crippen LogP contribution is -2.05. The van der Waals surface area contributed by atoms with Crippen LogP contribution in [0, 0.1) is 18.3 Å². The van der Waals surface area contributed by atoms with Crippen LogP contribution in [-0.4, -0.2) is 9.78 Å². The molecule has 0 aliphatic carbocycles. The third-order valence-electron chi connectivity index (χ3n) is 2.68. The second-order valence-corrected chi connectivity index (χ2v) is 4.94. The topological polar surface area (TPSA) is 53.6 Å². The molecular weight excluding hydrogens is 292 g/mol. The van der Waals surface area contributed by atoms with Gasteiger partial charge in [-0.2, -0.15) is 10.4 Å². The zero-order valence-electron chi connectivity index (χ0n) is 10.2. The fourth-order valence-corrected chi connectivity index (χ4v) is 2.27. The van der Waals surface area contributed by atoms with E-state index >= 15 is 0 Å². The highest BCUT2D eigenvalue weighted by molar-refractivity contribution is 9.10. The van der Waals surface area contributed by atoms with E-state index in [2.05, 4.69) is 32.4 Å². The summed E-state index contributed by atoms with van der Waals surface area (Å²) >= 11 is 3.44. The molecule has 5 heteroatoms. The van der Waals surface area contributed by atoms with Gasteiger partial charge in [-0.1, -0.05) is 28.1 Å². The number of rotatable bonds is 3. The van der Waals surface area contributed by atoms with E-state index in [1.165, 1.54) is 0 Å². The van der Waals surface area contributed by atoms with E-state index in [0.717, 1.165) is 21.5 Å². The monoisotopic (exact) mass is 304 g/mol. The molecule has 92 valence electrons. The van der Waals surface area contributed by atoms with Crippen LogP contribution in [0.1, 0.15) is 16.8 Å². The molecule has 0 radical (unpaired) electrons. The highest BCUT2D eigenvalue weighted by atomic mass is 79.9. The first-order chi connectivity index (χ1) is 8.61. The van der Waals surface area contributed by atoms with E-state index < -0.39 is 0 Å². The summed E-state index contributed by atoms with van der Waals surface area (Å²) in [6, 6.07) is 10.2. The molecule has 1 aromatic heterocycles. The molecule has 0 saturated carbocycles. The van der Waals surface area contributed by atoms with Gasteiger partial charge in [-0.25, -0.2) is 0 Å². The summed E-state index contributed by atoms with van der Waals surface area (Å²) in [6.07, 6.45) is 0. The normalized spacial score (nSPS) is 10.1. The Morgan fingerprint density at radius 2 is 2.28 bits per heavy atom. The number of benzene rings is 1. The van der Waals surface area contributed by atoms with E-state index in [9.17, 15) is 0 Å². The van der Waals surface area contributed by atoms with Crippen LogP contribution < -0.4 is 5.32 Å². The van der Waals surface area contributed by atoms with E-state index in [-0.39, 0.29) is 0 Å². The lowest BCUT2D eigenvalue weighted by atomic mass is 10.2. The first kappa shape index (κ1) is 12.7. The standard InChI is InChI=1S/C13H13BrN4/c1-9-12(7-15)13(18(2)17-9)16-8-10-4-3-5-11(14)6-10/h3-6,16H,8H2,1-2H3. The smallest absolute Gasteiger partial charge is 0.142 e. The number of anilines is 1. The molecule has 18 heavy (non-hydrogen) atoms. The third-order valence-corrected chi connectivity index (χ3v) is 3.18. The minimum absolute atomic E-state index is 0.604. The number of nitrogens with one attached hydrogen (secondary N) is 1. The Morgan fingerprint density at radius 3 is 2.94 bits per heavy atom. The Kier molecular flexibility index (Phi) is 3.68. The summed E-state index contributed by atoms with van der Waals surface area (Å²) in [7, 11) is 1.83. The van der Waals surface area contributed by atoms with Gasteiger partial charge in [-0.05, 0) is 24.6 Å². The molecule has 1 N–H and O–H groups in total. The molecule has 0 aliphatic rings. The van der Waals surface area contributed by atoms with Crippen LogP contribution in [0.4, 0.5) is 5.82 Å². The Morgan fingerprint density at radius 1 is 1.50 bits per heavy atom. The predicted molar refractivity (Wildman–Crippen MR) is 74.1 cm³/mol. The summed E-state index contributed by atoms with van der Waals surface area (Å²) in [6.45, 7) is 2.50. The van der Waals surface area contributed by atoms with Gasteiger partial charge < -0.3 is 5.32 Å². The maximum absolute atomic E-state index is 9.10. The number of aryl methyl sites for hydroxylation is 2. The molecule has 2 rings (SSSR count). The molecule has 0 amide bonds. The Labute approximate surface area is 114 Å². The quantitative estimate of drug-likeness (QED) is 0.948. The summed E-state index contributed by atoms with van der Waals surface area (Å²) in [4.78, 5) is 0. The molecular formula is C13H13BrN4. The van der Waals surface area contributed by atoms with Crippen LogP contribution in [0.25, 0.3) is 0 Å². The average Bonchev–Trinajstić information content (AvgIpc) is 2.60. The second-order valence-electron chi connectivity index (χ2n) is 4.03. The fourth-order valence-electron chi connectivity index (χ4n) is 1.83. The molecule has 0 spiro atoms. The predicted octanol–water partition coefficient (Wildman–Crippen LogP) is 2.97.